The molecule has 1 aliphatic heterocycles. The molecule has 1 fully saturated rings. The molecule has 7 heteroatoms. The maximum Gasteiger partial charge on any atom is 0.256 e. The lowest BCUT2D eigenvalue weighted by Crippen LogP contribution is -2.29. The molecule has 0 saturated carbocycles. The lowest BCUT2D eigenvalue weighted by Gasteiger charge is -2.16. The number of nitrogens with zero attached hydrogens (tertiary/aromatic N) is 1. The van der Waals surface area contributed by atoms with E-state index in [2.05, 4.69) is 4.98 Å². The number of carbonyl (C=O) groups is 1. The molecule has 1 N–H and O–H groups in total. The van der Waals surface area contributed by atoms with Crippen LogP contribution in [-0.4, -0.2) is 49.3 Å². The fourth-order valence-corrected chi connectivity index (χ4v) is 4.19. The lowest BCUT2D eigenvalue weighted by molar-refractivity contribution is 0.0790. The van der Waals surface area contributed by atoms with E-state index in [1.165, 1.54) is 18.5 Å². The van der Waals surface area contributed by atoms with E-state index in [0.29, 0.717) is 36.0 Å². The molecule has 22 heavy (non-hydrogen) atoms. The second-order valence-corrected chi connectivity index (χ2v) is 8.05. The number of hydrogen-bond donors (Lipinski definition) is 1. The number of aromatic amines is 1. The molecule has 1 amide bonds. The van der Waals surface area contributed by atoms with E-state index < -0.39 is 15.7 Å². The van der Waals surface area contributed by atoms with E-state index >= 15 is 0 Å². The number of benzene rings is 1. The zero-order chi connectivity index (χ0) is 15.9. The van der Waals surface area contributed by atoms with Gasteiger partial charge in [-0.3, -0.25) is 4.79 Å². The first-order chi connectivity index (χ1) is 10.3. The van der Waals surface area contributed by atoms with E-state index in [-0.39, 0.29) is 17.6 Å². The van der Waals surface area contributed by atoms with Crippen molar-refractivity contribution in [3.8, 4) is 0 Å². The topological polar surface area (TPSA) is 70.2 Å². The summed E-state index contributed by atoms with van der Waals surface area (Å²) >= 11 is 0. The van der Waals surface area contributed by atoms with Gasteiger partial charge in [0.2, 0.25) is 0 Å². The lowest BCUT2D eigenvalue weighted by atomic mass is 10.1. The molecule has 2 heterocycles. The number of fused-ring (bicyclic) bond motifs is 1. The van der Waals surface area contributed by atoms with Crippen molar-refractivity contribution in [2.75, 3.05) is 25.1 Å². The third-order valence-corrected chi connectivity index (χ3v) is 5.07. The predicted molar refractivity (Wildman–Crippen MR) is 82.0 cm³/mol. The Morgan fingerprint density at radius 3 is 2.95 bits per heavy atom. The van der Waals surface area contributed by atoms with Crippen LogP contribution in [0, 0.1) is 11.7 Å². The SMILES string of the molecule is CS(=O)(=O)CC1CCN(C(=O)c2c[nH]c3cccc(F)c23)C1. The summed E-state index contributed by atoms with van der Waals surface area (Å²) in [6.07, 6.45) is 3.37. The molecule has 1 saturated heterocycles. The van der Waals surface area contributed by atoms with Crippen molar-refractivity contribution in [2.45, 2.75) is 6.42 Å². The van der Waals surface area contributed by atoms with Crippen molar-refractivity contribution in [2.24, 2.45) is 5.92 Å². The molecule has 3 rings (SSSR count). The highest BCUT2D eigenvalue weighted by Crippen LogP contribution is 2.26. The fourth-order valence-electron chi connectivity index (χ4n) is 3.06. The number of sulfone groups is 1. The molecule has 1 aromatic heterocycles. The molecule has 5 nitrogen and oxygen atoms in total. The van der Waals surface area contributed by atoms with Gasteiger partial charge in [0, 0.05) is 36.4 Å². The van der Waals surface area contributed by atoms with Gasteiger partial charge >= 0.3 is 0 Å². The first kappa shape index (κ1) is 15.0. The third-order valence-electron chi connectivity index (χ3n) is 4.00. The Morgan fingerprint density at radius 1 is 1.45 bits per heavy atom. The van der Waals surface area contributed by atoms with Gasteiger partial charge < -0.3 is 9.88 Å². The molecule has 0 aliphatic carbocycles. The van der Waals surface area contributed by atoms with Gasteiger partial charge in [-0.1, -0.05) is 6.07 Å². The summed E-state index contributed by atoms with van der Waals surface area (Å²) in [5.41, 5.74) is 0.878. The van der Waals surface area contributed by atoms with Gasteiger partial charge in [0.25, 0.3) is 5.91 Å². The van der Waals surface area contributed by atoms with Crippen LogP contribution in [0.25, 0.3) is 10.9 Å². The van der Waals surface area contributed by atoms with Crippen LogP contribution >= 0.6 is 0 Å². The quantitative estimate of drug-likeness (QED) is 0.936. The van der Waals surface area contributed by atoms with Crippen LogP contribution < -0.4 is 0 Å². The second kappa shape index (κ2) is 5.39. The van der Waals surface area contributed by atoms with E-state index in [1.807, 2.05) is 0 Å². The van der Waals surface area contributed by atoms with Crippen LogP contribution in [0.3, 0.4) is 0 Å². The molecule has 1 aliphatic rings. The van der Waals surface area contributed by atoms with Gasteiger partial charge in [-0.05, 0) is 24.5 Å². The number of rotatable bonds is 3. The van der Waals surface area contributed by atoms with Crippen molar-refractivity contribution < 1.29 is 17.6 Å². The van der Waals surface area contributed by atoms with Crippen molar-refractivity contribution >= 4 is 26.6 Å². The van der Waals surface area contributed by atoms with Gasteiger partial charge in [-0.15, -0.1) is 0 Å². The maximum absolute atomic E-state index is 14.0. The highest BCUT2D eigenvalue weighted by Gasteiger charge is 2.30. The zero-order valence-corrected chi connectivity index (χ0v) is 13.0. The number of hydrogen-bond acceptors (Lipinski definition) is 3. The van der Waals surface area contributed by atoms with E-state index in [9.17, 15) is 17.6 Å². The molecular formula is C15H17FN2O3S. The molecule has 1 aromatic carbocycles. The molecule has 1 atom stereocenters. The van der Waals surface area contributed by atoms with Crippen LogP contribution in [-0.2, 0) is 9.84 Å². The maximum atomic E-state index is 14.0. The van der Waals surface area contributed by atoms with Gasteiger partial charge in [-0.2, -0.15) is 0 Å². The predicted octanol–water partition coefficient (Wildman–Crippen LogP) is 1.81. The van der Waals surface area contributed by atoms with E-state index in [4.69, 9.17) is 0 Å². The van der Waals surface area contributed by atoms with Gasteiger partial charge in [-0.25, -0.2) is 12.8 Å². The van der Waals surface area contributed by atoms with Crippen molar-refractivity contribution in [3.63, 3.8) is 0 Å². The van der Waals surface area contributed by atoms with Crippen LogP contribution in [0.15, 0.2) is 24.4 Å². The molecule has 0 spiro atoms. The molecule has 0 radical (unpaired) electrons. The highest BCUT2D eigenvalue weighted by molar-refractivity contribution is 7.90. The summed E-state index contributed by atoms with van der Waals surface area (Å²) in [5, 5.41) is 0.291. The smallest absolute Gasteiger partial charge is 0.256 e. The summed E-state index contributed by atoms with van der Waals surface area (Å²) in [6, 6.07) is 4.62. The van der Waals surface area contributed by atoms with Crippen LogP contribution in [0.1, 0.15) is 16.8 Å². The second-order valence-electron chi connectivity index (χ2n) is 5.86. The summed E-state index contributed by atoms with van der Waals surface area (Å²) in [6.45, 7) is 0.896. The Kier molecular flexibility index (Phi) is 3.68. The molecule has 2 aromatic rings. The van der Waals surface area contributed by atoms with Crippen LogP contribution in [0.4, 0.5) is 4.39 Å². The average Bonchev–Trinajstić information content (AvgIpc) is 3.03. The molecular weight excluding hydrogens is 307 g/mol. The molecule has 118 valence electrons. The number of carbonyl (C=O) groups excluding carboxylic acids is 1. The normalized spacial score (nSPS) is 19.0. The number of H-pyrrole nitrogens is 1. The minimum atomic E-state index is -3.06. The minimum Gasteiger partial charge on any atom is -0.360 e. The largest absolute Gasteiger partial charge is 0.360 e. The monoisotopic (exact) mass is 324 g/mol. The Morgan fingerprint density at radius 2 is 2.23 bits per heavy atom. The third kappa shape index (κ3) is 2.85. The molecule has 0 bridgehead atoms. The summed E-state index contributed by atoms with van der Waals surface area (Å²) in [5.74, 6) is -0.658. The van der Waals surface area contributed by atoms with Crippen molar-refractivity contribution in [3.05, 3.63) is 35.8 Å². The number of halogens is 1. The van der Waals surface area contributed by atoms with E-state index in [1.54, 1.807) is 17.0 Å². The Labute approximate surface area is 128 Å². The average molecular weight is 324 g/mol. The fraction of sp³-hybridized carbons (Fsp3) is 0.400. The van der Waals surface area contributed by atoms with Crippen molar-refractivity contribution in [1.82, 2.24) is 9.88 Å². The van der Waals surface area contributed by atoms with Gasteiger partial charge in [0.15, 0.2) is 0 Å². The number of amides is 1. The van der Waals surface area contributed by atoms with Gasteiger partial charge in [0.05, 0.1) is 11.3 Å². The first-order valence-corrected chi connectivity index (χ1v) is 9.14. The van der Waals surface area contributed by atoms with Gasteiger partial charge in [0.1, 0.15) is 15.7 Å². The minimum absolute atomic E-state index is 0.0472. The van der Waals surface area contributed by atoms with Crippen LogP contribution in [0.5, 0.6) is 0 Å². The summed E-state index contributed by atoms with van der Waals surface area (Å²) in [4.78, 5) is 17.1. The Hall–Kier alpha value is -1.89. The standard InChI is InChI=1S/C15H17FN2O3S/c1-22(20,21)9-10-5-6-18(8-10)15(19)11-7-17-13-4-2-3-12(16)14(11)13/h2-4,7,10,17H,5-6,8-9H2,1H3. The first-order valence-electron chi connectivity index (χ1n) is 7.08. The van der Waals surface area contributed by atoms with E-state index in [0.717, 1.165) is 0 Å². The number of nitrogens with one attached hydrogen (secondary N) is 1. The Bertz CT molecular complexity index is 828. The highest BCUT2D eigenvalue weighted by atomic mass is 32.2. The number of likely N-dealkylation sites (tertiary alicyclic amines) is 1. The van der Waals surface area contributed by atoms with Crippen LogP contribution in [0.2, 0.25) is 0 Å². The summed E-state index contributed by atoms with van der Waals surface area (Å²) in [7, 11) is -3.06. The molecule has 1 unspecified atom stereocenters. The number of aromatic nitrogens is 1. The summed E-state index contributed by atoms with van der Waals surface area (Å²) < 4.78 is 36.7. The van der Waals surface area contributed by atoms with Crippen molar-refractivity contribution in [1.29, 1.82) is 0 Å². The Balaban J connectivity index is 1.83. The zero-order valence-electron chi connectivity index (χ0n) is 12.2.